The summed E-state index contributed by atoms with van der Waals surface area (Å²) in [6, 6.07) is 14.0. The van der Waals surface area contributed by atoms with Crippen LogP contribution in [0.25, 0.3) is 0 Å². The molecule has 0 atom stereocenters. The van der Waals surface area contributed by atoms with Crippen LogP contribution < -0.4 is 11.1 Å². The van der Waals surface area contributed by atoms with Gasteiger partial charge >= 0.3 is 0 Å². The number of carbonyl (C=O) groups excluding carboxylic acids is 1. The van der Waals surface area contributed by atoms with Crippen molar-refractivity contribution in [3.63, 3.8) is 0 Å². The van der Waals surface area contributed by atoms with Crippen molar-refractivity contribution >= 4 is 17.3 Å². The second kappa shape index (κ2) is 5.23. The van der Waals surface area contributed by atoms with Crippen LogP contribution in [0.3, 0.4) is 0 Å². The zero-order valence-electron chi connectivity index (χ0n) is 10.5. The fraction of sp³-hybridized carbons (Fsp3) is 0.0667. The van der Waals surface area contributed by atoms with Crippen molar-refractivity contribution in [2.24, 2.45) is 0 Å². The van der Waals surface area contributed by atoms with Crippen molar-refractivity contribution in [3.8, 4) is 6.07 Å². The van der Waals surface area contributed by atoms with Gasteiger partial charge in [0.05, 0.1) is 17.2 Å². The van der Waals surface area contributed by atoms with Crippen molar-refractivity contribution in [1.29, 1.82) is 5.26 Å². The van der Waals surface area contributed by atoms with Crippen molar-refractivity contribution in [1.82, 2.24) is 0 Å². The number of hydrogen-bond acceptors (Lipinski definition) is 3. The third-order valence-electron chi connectivity index (χ3n) is 2.80. The predicted molar refractivity (Wildman–Crippen MR) is 74.7 cm³/mol. The van der Waals surface area contributed by atoms with E-state index in [2.05, 4.69) is 5.32 Å². The van der Waals surface area contributed by atoms with Crippen molar-refractivity contribution in [2.75, 3.05) is 11.1 Å². The number of rotatable bonds is 2. The molecule has 3 N–H and O–H groups in total. The number of amides is 1. The van der Waals surface area contributed by atoms with Gasteiger partial charge in [-0.15, -0.1) is 0 Å². The van der Waals surface area contributed by atoms with Crippen LogP contribution in [0, 0.1) is 18.3 Å². The molecule has 94 valence electrons. The first-order valence-corrected chi connectivity index (χ1v) is 5.78. The second-order valence-electron chi connectivity index (χ2n) is 4.18. The van der Waals surface area contributed by atoms with E-state index in [1.165, 1.54) is 0 Å². The molecule has 4 nitrogen and oxygen atoms in total. The summed E-state index contributed by atoms with van der Waals surface area (Å²) in [5.74, 6) is -0.250. The molecule has 0 saturated heterocycles. The van der Waals surface area contributed by atoms with Gasteiger partial charge in [0.15, 0.2) is 0 Å². The van der Waals surface area contributed by atoms with Gasteiger partial charge < -0.3 is 11.1 Å². The average Bonchev–Trinajstić information content (AvgIpc) is 2.39. The molecule has 0 unspecified atom stereocenters. The number of nitrogens with zero attached hydrogens (tertiary/aromatic N) is 1. The molecule has 0 fully saturated rings. The highest BCUT2D eigenvalue weighted by atomic mass is 16.1. The number of nitrogens with two attached hydrogens (primary N) is 1. The summed E-state index contributed by atoms with van der Waals surface area (Å²) in [6.45, 7) is 1.84. The SMILES string of the molecule is Cc1cccc(N)c1C(=O)Nc1ccc(C#N)cc1. The third-order valence-corrected chi connectivity index (χ3v) is 2.80. The molecule has 2 aromatic carbocycles. The van der Waals surface area contributed by atoms with E-state index in [1.807, 2.05) is 25.1 Å². The Bertz CT molecular complexity index is 634. The predicted octanol–water partition coefficient (Wildman–Crippen LogP) is 2.70. The number of aryl methyl sites for hydroxylation is 1. The van der Waals surface area contributed by atoms with Crippen LogP contribution in [0.4, 0.5) is 11.4 Å². The number of carbonyl (C=O) groups is 1. The van der Waals surface area contributed by atoms with Crippen molar-refractivity contribution < 1.29 is 4.79 Å². The van der Waals surface area contributed by atoms with E-state index in [9.17, 15) is 4.79 Å². The first kappa shape index (κ1) is 12.7. The highest BCUT2D eigenvalue weighted by Crippen LogP contribution is 2.18. The van der Waals surface area contributed by atoms with Gasteiger partial charge in [-0.2, -0.15) is 5.26 Å². The molecule has 0 aliphatic rings. The molecule has 0 bridgehead atoms. The van der Waals surface area contributed by atoms with Gasteiger partial charge in [-0.1, -0.05) is 12.1 Å². The van der Waals surface area contributed by atoms with Gasteiger partial charge in [0.1, 0.15) is 0 Å². The van der Waals surface area contributed by atoms with Gasteiger partial charge in [0.2, 0.25) is 0 Å². The molecule has 1 amide bonds. The molecule has 4 heteroatoms. The number of hydrogen-bond donors (Lipinski definition) is 2. The Balaban J connectivity index is 2.23. The summed E-state index contributed by atoms with van der Waals surface area (Å²) in [4.78, 5) is 12.2. The summed E-state index contributed by atoms with van der Waals surface area (Å²) in [5, 5.41) is 11.5. The lowest BCUT2D eigenvalue weighted by atomic mass is 10.1. The Morgan fingerprint density at radius 3 is 2.47 bits per heavy atom. The highest BCUT2D eigenvalue weighted by molar-refractivity contribution is 6.08. The molecule has 19 heavy (non-hydrogen) atoms. The topological polar surface area (TPSA) is 78.9 Å². The molecular formula is C15H13N3O. The van der Waals surface area contributed by atoms with Gasteiger partial charge in [-0.25, -0.2) is 0 Å². The summed E-state index contributed by atoms with van der Waals surface area (Å²) in [6.07, 6.45) is 0. The Morgan fingerprint density at radius 2 is 1.89 bits per heavy atom. The molecule has 0 saturated carbocycles. The molecule has 2 aromatic rings. The molecule has 0 aliphatic heterocycles. The van der Waals surface area contributed by atoms with Crippen LogP contribution in [0.1, 0.15) is 21.5 Å². The maximum Gasteiger partial charge on any atom is 0.258 e. The Hall–Kier alpha value is -2.80. The molecule has 0 aliphatic carbocycles. The Labute approximate surface area is 111 Å². The summed E-state index contributed by atoms with van der Waals surface area (Å²) < 4.78 is 0. The number of anilines is 2. The van der Waals surface area contributed by atoms with Crippen molar-refractivity contribution in [3.05, 3.63) is 59.2 Å². The fourth-order valence-corrected chi connectivity index (χ4v) is 1.82. The summed E-state index contributed by atoms with van der Waals surface area (Å²) in [7, 11) is 0. The minimum absolute atomic E-state index is 0.250. The maximum atomic E-state index is 12.2. The molecule has 0 aromatic heterocycles. The lowest BCUT2D eigenvalue weighted by molar-refractivity contribution is 0.102. The third kappa shape index (κ3) is 2.72. The molecule has 0 heterocycles. The van der Waals surface area contributed by atoms with E-state index >= 15 is 0 Å². The van der Waals surface area contributed by atoms with Gasteiger partial charge in [0, 0.05) is 11.4 Å². The van der Waals surface area contributed by atoms with Crippen LogP contribution >= 0.6 is 0 Å². The van der Waals surface area contributed by atoms with Crippen LogP contribution in [0.5, 0.6) is 0 Å². The largest absolute Gasteiger partial charge is 0.398 e. The Morgan fingerprint density at radius 1 is 1.21 bits per heavy atom. The van der Waals surface area contributed by atoms with Crippen molar-refractivity contribution in [2.45, 2.75) is 6.92 Å². The van der Waals surface area contributed by atoms with Crippen LogP contribution in [-0.4, -0.2) is 5.91 Å². The lowest BCUT2D eigenvalue weighted by Crippen LogP contribution is -2.15. The van der Waals surface area contributed by atoms with Crippen LogP contribution in [0.2, 0.25) is 0 Å². The second-order valence-corrected chi connectivity index (χ2v) is 4.18. The zero-order chi connectivity index (χ0) is 13.8. The molecule has 0 radical (unpaired) electrons. The number of nitrogen functional groups attached to an aromatic ring is 1. The first-order valence-electron chi connectivity index (χ1n) is 5.78. The standard InChI is InChI=1S/C15H13N3O/c1-10-3-2-4-13(17)14(10)15(19)18-12-7-5-11(9-16)6-8-12/h2-8H,17H2,1H3,(H,18,19). The van der Waals surface area contributed by atoms with Crippen LogP contribution in [-0.2, 0) is 0 Å². The van der Waals surface area contributed by atoms with Gasteiger partial charge in [0.25, 0.3) is 5.91 Å². The van der Waals surface area contributed by atoms with Gasteiger partial charge in [-0.3, -0.25) is 4.79 Å². The van der Waals surface area contributed by atoms with E-state index in [-0.39, 0.29) is 5.91 Å². The van der Waals surface area contributed by atoms with E-state index in [0.29, 0.717) is 22.5 Å². The first-order chi connectivity index (χ1) is 9.11. The molecular weight excluding hydrogens is 238 g/mol. The quantitative estimate of drug-likeness (QED) is 0.805. The summed E-state index contributed by atoms with van der Waals surface area (Å²) >= 11 is 0. The normalized spacial score (nSPS) is 9.68. The minimum Gasteiger partial charge on any atom is -0.398 e. The number of nitrogens with one attached hydrogen (secondary N) is 1. The fourth-order valence-electron chi connectivity index (χ4n) is 1.82. The van der Waals surface area contributed by atoms with E-state index < -0.39 is 0 Å². The Kier molecular flexibility index (Phi) is 3.48. The smallest absolute Gasteiger partial charge is 0.258 e. The number of nitriles is 1. The lowest BCUT2D eigenvalue weighted by Gasteiger charge is -2.10. The molecule has 2 rings (SSSR count). The maximum absolute atomic E-state index is 12.2. The van der Waals surface area contributed by atoms with E-state index in [4.69, 9.17) is 11.0 Å². The minimum atomic E-state index is -0.250. The number of benzene rings is 2. The monoisotopic (exact) mass is 251 g/mol. The van der Waals surface area contributed by atoms with Crippen LogP contribution in [0.15, 0.2) is 42.5 Å². The highest BCUT2D eigenvalue weighted by Gasteiger charge is 2.12. The summed E-state index contributed by atoms with van der Waals surface area (Å²) in [5.41, 5.74) is 8.75. The van der Waals surface area contributed by atoms with E-state index in [1.54, 1.807) is 30.3 Å². The van der Waals surface area contributed by atoms with Gasteiger partial charge in [-0.05, 0) is 42.8 Å². The molecule has 0 spiro atoms. The zero-order valence-corrected chi connectivity index (χ0v) is 10.5. The average molecular weight is 251 g/mol. The van der Waals surface area contributed by atoms with E-state index in [0.717, 1.165) is 5.56 Å².